The molecule has 0 aliphatic heterocycles. The fourth-order valence-electron chi connectivity index (χ4n) is 1.33. The Balaban J connectivity index is 2.87. The summed E-state index contributed by atoms with van der Waals surface area (Å²) >= 11 is 5.63. The van der Waals surface area contributed by atoms with Crippen LogP contribution < -0.4 is 10.6 Å². The summed E-state index contributed by atoms with van der Waals surface area (Å²) in [5.41, 5.74) is 0.476. The summed E-state index contributed by atoms with van der Waals surface area (Å²) in [7, 11) is 1.54. The summed E-state index contributed by atoms with van der Waals surface area (Å²) < 4.78 is 13.0. The van der Waals surface area contributed by atoms with Crippen LogP contribution in [0.1, 0.15) is 13.8 Å². The maximum atomic E-state index is 13.0. The van der Waals surface area contributed by atoms with Crippen molar-refractivity contribution in [1.29, 1.82) is 0 Å². The van der Waals surface area contributed by atoms with Gasteiger partial charge in [0, 0.05) is 24.7 Å². The van der Waals surface area contributed by atoms with E-state index in [-0.39, 0.29) is 22.4 Å². The van der Waals surface area contributed by atoms with Gasteiger partial charge in [-0.15, -0.1) is 0 Å². The Morgan fingerprint density at radius 3 is 2.50 bits per heavy atom. The van der Waals surface area contributed by atoms with Gasteiger partial charge < -0.3 is 10.6 Å². The molecule has 6 heteroatoms. The van der Waals surface area contributed by atoms with E-state index in [0.29, 0.717) is 5.69 Å². The first-order valence-corrected chi connectivity index (χ1v) is 6.42. The highest BCUT2D eigenvalue weighted by atomic mass is 35.5. The predicted octanol–water partition coefficient (Wildman–Crippen LogP) is 2.75. The molecule has 0 heterocycles. The molecular weight excluding hydrogens is 283 g/mol. The summed E-state index contributed by atoms with van der Waals surface area (Å²) in [6.45, 7) is 3.48. The molecule has 20 heavy (non-hydrogen) atoms. The van der Waals surface area contributed by atoms with Crippen molar-refractivity contribution in [2.75, 3.05) is 12.4 Å². The summed E-state index contributed by atoms with van der Waals surface area (Å²) in [6.07, 6.45) is 1.24. The average molecular weight is 299 g/mol. The zero-order valence-electron chi connectivity index (χ0n) is 11.5. The van der Waals surface area contributed by atoms with E-state index >= 15 is 0 Å². The number of carbonyl (C=O) groups excluding carboxylic acids is 2. The van der Waals surface area contributed by atoms with Crippen LogP contribution in [0.2, 0.25) is 5.02 Å². The lowest BCUT2D eigenvalue weighted by Gasteiger charge is -2.09. The van der Waals surface area contributed by atoms with Gasteiger partial charge >= 0.3 is 0 Å². The lowest BCUT2D eigenvalue weighted by molar-refractivity contribution is -0.118. The zero-order valence-corrected chi connectivity index (χ0v) is 12.2. The number of ketones is 1. The molecule has 0 aliphatic carbocycles. The fourth-order valence-corrected chi connectivity index (χ4v) is 1.51. The van der Waals surface area contributed by atoms with E-state index in [9.17, 15) is 14.0 Å². The minimum Gasteiger partial charge on any atom is -0.384 e. The van der Waals surface area contributed by atoms with Crippen molar-refractivity contribution in [3.63, 3.8) is 0 Å². The lowest BCUT2D eigenvalue weighted by Crippen LogP contribution is -2.24. The molecule has 0 spiro atoms. The second kappa shape index (κ2) is 7.05. The van der Waals surface area contributed by atoms with Crippen LogP contribution in [0.5, 0.6) is 0 Å². The maximum Gasteiger partial charge on any atom is 0.271 e. The third-order valence-electron chi connectivity index (χ3n) is 2.55. The molecule has 0 fully saturated rings. The monoisotopic (exact) mass is 298 g/mol. The quantitative estimate of drug-likeness (QED) is 0.822. The second-order valence-electron chi connectivity index (χ2n) is 4.45. The molecule has 1 aromatic rings. The number of benzene rings is 1. The number of nitrogens with one attached hydrogen (secondary N) is 2. The van der Waals surface area contributed by atoms with Gasteiger partial charge in [-0.25, -0.2) is 4.39 Å². The molecule has 1 rings (SSSR count). The number of allylic oxidation sites excluding steroid dienone is 1. The van der Waals surface area contributed by atoms with Gasteiger partial charge in [-0.05, 0) is 18.2 Å². The average Bonchev–Trinajstić information content (AvgIpc) is 2.39. The highest BCUT2D eigenvalue weighted by Gasteiger charge is 2.13. The molecule has 0 atom stereocenters. The Morgan fingerprint density at radius 2 is 2.00 bits per heavy atom. The Morgan fingerprint density at radius 1 is 1.35 bits per heavy atom. The first-order valence-electron chi connectivity index (χ1n) is 6.04. The number of halogens is 2. The Bertz CT molecular complexity index is 556. The molecule has 0 bridgehead atoms. The Hall–Kier alpha value is -1.88. The van der Waals surface area contributed by atoms with Crippen molar-refractivity contribution in [1.82, 2.24) is 5.32 Å². The van der Waals surface area contributed by atoms with E-state index in [2.05, 4.69) is 10.6 Å². The van der Waals surface area contributed by atoms with Crippen LogP contribution in [-0.2, 0) is 9.59 Å². The molecule has 0 aromatic heterocycles. The first kappa shape index (κ1) is 16.2. The van der Waals surface area contributed by atoms with E-state index < -0.39 is 11.7 Å². The van der Waals surface area contributed by atoms with E-state index in [1.807, 2.05) is 0 Å². The van der Waals surface area contributed by atoms with E-state index in [1.54, 1.807) is 13.8 Å². The van der Waals surface area contributed by atoms with Crippen molar-refractivity contribution in [3.05, 3.63) is 40.8 Å². The van der Waals surface area contributed by atoms with Gasteiger partial charge in [-0.2, -0.15) is 0 Å². The SMILES string of the molecule is CN/C(=C\C(=O)C(C)C)C(=O)Nc1ccc(F)c(Cl)c1. The largest absolute Gasteiger partial charge is 0.384 e. The summed E-state index contributed by atoms with van der Waals surface area (Å²) in [5, 5.41) is 5.10. The lowest BCUT2D eigenvalue weighted by atomic mass is 10.1. The van der Waals surface area contributed by atoms with Crippen LogP contribution in [0.3, 0.4) is 0 Å². The summed E-state index contributed by atoms with van der Waals surface area (Å²) in [4.78, 5) is 23.6. The molecule has 0 saturated heterocycles. The van der Waals surface area contributed by atoms with Gasteiger partial charge in [0.15, 0.2) is 5.78 Å². The Kier molecular flexibility index (Phi) is 5.70. The fraction of sp³-hybridized carbons (Fsp3) is 0.286. The molecule has 108 valence electrons. The molecule has 1 amide bonds. The van der Waals surface area contributed by atoms with Crippen molar-refractivity contribution < 1.29 is 14.0 Å². The van der Waals surface area contributed by atoms with Crippen LogP contribution in [0, 0.1) is 11.7 Å². The minimum atomic E-state index is -0.566. The molecular formula is C14H16ClFN2O2. The number of hydrogen-bond donors (Lipinski definition) is 2. The van der Waals surface area contributed by atoms with Gasteiger partial charge in [0.05, 0.1) is 5.02 Å². The molecule has 1 aromatic carbocycles. The van der Waals surface area contributed by atoms with Crippen LogP contribution >= 0.6 is 11.6 Å². The topological polar surface area (TPSA) is 58.2 Å². The number of likely N-dealkylation sites (N-methyl/N-ethyl adjacent to an activating group) is 1. The van der Waals surface area contributed by atoms with E-state index in [1.165, 1.54) is 25.3 Å². The van der Waals surface area contributed by atoms with Crippen molar-refractivity contribution in [3.8, 4) is 0 Å². The van der Waals surface area contributed by atoms with Crippen LogP contribution in [0.25, 0.3) is 0 Å². The maximum absolute atomic E-state index is 13.0. The molecule has 0 saturated carbocycles. The highest BCUT2D eigenvalue weighted by Crippen LogP contribution is 2.19. The zero-order chi connectivity index (χ0) is 15.3. The first-order chi connectivity index (χ1) is 9.35. The van der Waals surface area contributed by atoms with Crippen molar-refractivity contribution in [2.45, 2.75) is 13.8 Å². The van der Waals surface area contributed by atoms with E-state index in [0.717, 1.165) is 6.07 Å². The van der Waals surface area contributed by atoms with Gasteiger partial charge in [-0.3, -0.25) is 9.59 Å². The summed E-state index contributed by atoms with van der Waals surface area (Å²) in [5.74, 6) is -1.43. The van der Waals surface area contributed by atoms with Crippen LogP contribution in [0.4, 0.5) is 10.1 Å². The Labute approximate surface area is 122 Å². The number of anilines is 1. The summed E-state index contributed by atoms with van der Waals surface area (Å²) in [6, 6.07) is 3.84. The van der Waals surface area contributed by atoms with Gasteiger partial charge in [0.25, 0.3) is 5.91 Å². The smallest absolute Gasteiger partial charge is 0.271 e. The molecule has 0 radical (unpaired) electrons. The standard InChI is InChI=1S/C14H16ClFN2O2/c1-8(2)13(19)7-12(17-3)14(20)18-9-4-5-11(16)10(15)6-9/h4-8,17H,1-3H3,(H,18,20)/b12-7-. The predicted molar refractivity (Wildman–Crippen MR) is 77.0 cm³/mol. The minimum absolute atomic E-state index is 0.0870. The van der Waals surface area contributed by atoms with Gasteiger partial charge in [0.2, 0.25) is 0 Å². The van der Waals surface area contributed by atoms with Gasteiger partial charge in [-0.1, -0.05) is 25.4 Å². The number of amides is 1. The van der Waals surface area contributed by atoms with E-state index in [4.69, 9.17) is 11.6 Å². The van der Waals surface area contributed by atoms with Gasteiger partial charge in [0.1, 0.15) is 11.5 Å². The van der Waals surface area contributed by atoms with Crippen molar-refractivity contribution >= 4 is 29.0 Å². The highest BCUT2D eigenvalue weighted by molar-refractivity contribution is 6.31. The molecule has 0 aliphatic rings. The normalized spacial score (nSPS) is 11.4. The third-order valence-corrected chi connectivity index (χ3v) is 2.84. The third kappa shape index (κ3) is 4.35. The molecule has 4 nitrogen and oxygen atoms in total. The van der Waals surface area contributed by atoms with Crippen LogP contribution in [0.15, 0.2) is 30.0 Å². The number of hydrogen-bond acceptors (Lipinski definition) is 3. The molecule has 0 unspecified atom stereocenters. The van der Waals surface area contributed by atoms with Crippen molar-refractivity contribution in [2.24, 2.45) is 5.92 Å². The number of rotatable bonds is 5. The number of carbonyl (C=O) groups is 2. The second-order valence-corrected chi connectivity index (χ2v) is 4.86. The van der Waals surface area contributed by atoms with Crippen LogP contribution in [-0.4, -0.2) is 18.7 Å². The molecule has 2 N–H and O–H groups in total.